The monoisotopic (exact) mass is 1360 g/mol. The molecule has 0 spiro atoms. The zero-order valence-corrected chi connectivity index (χ0v) is 58.6. The molecule has 22 aromatic rings. The molecule has 0 radical (unpaired) electrons. The highest BCUT2D eigenvalue weighted by Gasteiger charge is 2.24. The van der Waals surface area contributed by atoms with Gasteiger partial charge in [0.1, 0.15) is 11.2 Å². The van der Waals surface area contributed by atoms with E-state index < -0.39 is 0 Å². The smallest absolute Gasteiger partial charge is 0.135 e. The third kappa shape index (κ3) is 9.83. The Bertz CT molecular complexity index is 6610. The van der Waals surface area contributed by atoms with Gasteiger partial charge in [-0.25, -0.2) is 0 Å². The van der Waals surface area contributed by atoms with Crippen molar-refractivity contribution >= 4 is 140 Å². The standard InChI is InChI=1S/C52H32O.C52H32S/c1-3-15-33(16-4-1)49-37-19-7-11-23-41(37)51(42-24-12-8-20-38(42)49)35-27-29-47-45(31-35)46-32-36(28-30-48(46)53-47)52-43-25-13-9-21-39(43)50(34-17-5-2-6-18-34)40-22-10-14-26-44(40)52;1-3-16-33(17-4-1)48-36-20-7-9-22-38(36)50(39-23-10-8-21-37(39)48)35-30-31-47-46(32-35)44-28-15-29-45(52(44)53-47)51-42-26-13-11-24-40(42)49(34-18-5-2-6-19-34)41-25-12-14-27-43(41)51/h2*1-32H. The van der Waals surface area contributed by atoms with Gasteiger partial charge >= 0.3 is 0 Å². The van der Waals surface area contributed by atoms with Crippen LogP contribution in [0.2, 0.25) is 0 Å². The first-order valence-corrected chi connectivity index (χ1v) is 37.4. The second-order valence-electron chi connectivity index (χ2n) is 27.8. The lowest BCUT2D eigenvalue weighted by Crippen LogP contribution is -1.91. The minimum absolute atomic E-state index is 0.893. The molecule has 0 aliphatic rings. The van der Waals surface area contributed by atoms with Gasteiger partial charge in [-0.3, -0.25) is 0 Å². The van der Waals surface area contributed by atoms with Crippen molar-refractivity contribution in [3.8, 4) is 89.0 Å². The largest absolute Gasteiger partial charge is 0.456 e. The molecular formula is C104H64OS. The Morgan fingerprint density at radius 1 is 0.151 bits per heavy atom. The van der Waals surface area contributed by atoms with E-state index in [1.165, 1.54) is 195 Å². The van der Waals surface area contributed by atoms with Crippen molar-refractivity contribution in [2.45, 2.75) is 0 Å². The van der Waals surface area contributed by atoms with E-state index in [1.807, 2.05) is 11.3 Å². The van der Waals surface area contributed by atoms with E-state index in [-0.39, 0.29) is 0 Å². The molecule has 0 bridgehead atoms. The second kappa shape index (κ2) is 25.2. The fraction of sp³-hybridized carbons (Fsp3) is 0. The number of furan rings is 1. The Kier molecular flexibility index (Phi) is 14.5. The summed E-state index contributed by atoms with van der Waals surface area (Å²) in [7, 11) is 0. The molecular weight excluding hydrogens is 1300 g/mol. The lowest BCUT2D eigenvalue weighted by molar-refractivity contribution is 0.669. The molecule has 0 saturated carbocycles. The van der Waals surface area contributed by atoms with Gasteiger partial charge in [0.2, 0.25) is 0 Å². The molecule has 0 aliphatic heterocycles. The molecule has 2 aromatic heterocycles. The van der Waals surface area contributed by atoms with E-state index in [0.29, 0.717) is 0 Å². The first-order valence-electron chi connectivity index (χ1n) is 36.5. The predicted octanol–water partition coefficient (Wildman–Crippen LogP) is 30.2. The maximum Gasteiger partial charge on any atom is 0.135 e. The molecule has 2 heterocycles. The zero-order chi connectivity index (χ0) is 69.8. The third-order valence-corrected chi connectivity index (χ3v) is 23.3. The van der Waals surface area contributed by atoms with Crippen LogP contribution < -0.4 is 0 Å². The topological polar surface area (TPSA) is 13.1 Å². The van der Waals surface area contributed by atoms with Gasteiger partial charge in [0, 0.05) is 36.5 Å². The van der Waals surface area contributed by atoms with E-state index >= 15 is 0 Å². The summed E-state index contributed by atoms with van der Waals surface area (Å²) < 4.78 is 9.17. The van der Waals surface area contributed by atoms with Crippen LogP contribution in [-0.4, -0.2) is 0 Å². The predicted molar refractivity (Wildman–Crippen MR) is 457 cm³/mol. The van der Waals surface area contributed by atoms with Gasteiger partial charge in [-0.2, -0.15) is 0 Å². The number of thiophene rings is 1. The van der Waals surface area contributed by atoms with Gasteiger partial charge in [0.15, 0.2) is 0 Å². The van der Waals surface area contributed by atoms with Crippen molar-refractivity contribution < 1.29 is 4.42 Å². The van der Waals surface area contributed by atoms with Gasteiger partial charge in [0.05, 0.1) is 0 Å². The van der Waals surface area contributed by atoms with Crippen LogP contribution in [-0.2, 0) is 0 Å². The normalized spacial score (nSPS) is 11.8. The summed E-state index contributed by atoms with van der Waals surface area (Å²) in [6.45, 7) is 0. The molecule has 0 fully saturated rings. The van der Waals surface area contributed by atoms with E-state index in [4.69, 9.17) is 4.42 Å². The summed E-state index contributed by atoms with van der Waals surface area (Å²) >= 11 is 1.91. The summed E-state index contributed by atoms with van der Waals surface area (Å²) in [6, 6.07) is 142. The fourth-order valence-electron chi connectivity index (χ4n) is 17.6. The van der Waals surface area contributed by atoms with Crippen molar-refractivity contribution in [2.75, 3.05) is 0 Å². The van der Waals surface area contributed by atoms with Crippen molar-refractivity contribution in [3.05, 3.63) is 388 Å². The molecule has 0 amide bonds. The Balaban J connectivity index is 0.000000136. The van der Waals surface area contributed by atoms with E-state index in [0.717, 1.165) is 21.9 Å². The first-order chi connectivity index (χ1) is 52.6. The van der Waals surface area contributed by atoms with Gasteiger partial charge in [0.25, 0.3) is 0 Å². The summed E-state index contributed by atoms with van der Waals surface area (Å²) in [5.74, 6) is 0. The highest BCUT2D eigenvalue weighted by atomic mass is 32.1. The maximum atomic E-state index is 6.54. The molecule has 0 unspecified atom stereocenters. The number of hydrogen-bond donors (Lipinski definition) is 0. The third-order valence-electron chi connectivity index (χ3n) is 22.1. The molecule has 0 atom stereocenters. The van der Waals surface area contributed by atoms with Gasteiger partial charge in [-0.05, 0) is 206 Å². The molecule has 22 rings (SSSR count). The first kappa shape index (κ1) is 61.2. The quantitative estimate of drug-likeness (QED) is 0.138. The Labute approximate surface area is 617 Å². The molecule has 2 heteroatoms. The van der Waals surface area contributed by atoms with Crippen molar-refractivity contribution in [1.82, 2.24) is 0 Å². The fourth-order valence-corrected chi connectivity index (χ4v) is 18.8. The summed E-state index contributed by atoms with van der Waals surface area (Å²) in [6.07, 6.45) is 0. The summed E-state index contributed by atoms with van der Waals surface area (Å²) in [5.41, 5.74) is 21.9. The van der Waals surface area contributed by atoms with Crippen molar-refractivity contribution in [2.24, 2.45) is 0 Å². The van der Waals surface area contributed by atoms with Crippen LogP contribution in [0, 0.1) is 0 Å². The van der Waals surface area contributed by atoms with Crippen LogP contribution in [0.3, 0.4) is 0 Å². The second-order valence-corrected chi connectivity index (χ2v) is 28.9. The highest BCUT2D eigenvalue weighted by Crippen LogP contribution is 2.52. The van der Waals surface area contributed by atoms with Crippen molar-refractivity contribution in [3.63, 3.8) is 0 Å². The Morgan fingerprint density at radius 2 is 0.377 bits per heavy atom. The zero-order valence-electron chi connectivity index (χ0n) is 57.8. The van der Waals surface area contributed by atoms with E-state index in [2.05, 4.69) is 388 Å². The molecule has 20 aromatic carbocycles. The van der Waals surface area contributed by atoms with E-state index in [1.54, 1.807) is 0 Å². The Morgan fingerprint density at radius 3 is 0.660 bits per heavy atom. The van der Waals surface area contributed by atoms with E-state index in [9.17, 15) is 0 Å². The lowest BCUT2D eigenvalue weighted by atomic mass is 9.85. The SMILES string of the molecule is c1ccc(-c2c3ccccc3c(-c3ccc4oc5ccc(-c6c7ccccc7c(-c7ccccc7)c7ccccc67)cc5c4c3)c3ccccc23)cc1.c1ccc(-c2c3ccccc3c(-c3ccc4sc5c(-c6c7ccccc7c(-c7ccccc7)c7ccccc67)cccc5c4c3)c3ccccc23)cc1. The minimum Gasteiger partial charge on any atom is -0.456 e. The van der Waals surface area contributed by atoms with Crippen LogP contribution in [0.4, 0.5) is 0 Å². The number of hydrogen-bond acceptors (Lipinski definition) is 2. The average molecular weight is 1360 g/mol. The molecule has 0 aliphatic carbocycles. The number of rotatable bonds is 8. The molecule has 1 nitrogen and oxygen atoms in total. The van der Waals surface area contributed by atoms with Crippen LogP contribution in [0.1, 0.15) is 0 Å². The number of fused-ring (bicyclic) bond motifs is 14. The van der Waals surface area contributed by atoms with Crippen LogP contribution in [0.25, 0.3) is 217 Å². The van der Waals surface area contributed by atoms with Gasteiger partial charge < -0.3 is 4.42 Å². The lowest BCUT2D eigenvalue weighted by Gasteiger charge is -2.18. The van der Waals surface area contributed by atoms with Gasteiger partial charge in [-0.15, -0.1) is 11.3 Å². The minimum atomic E-state index is 0.893. The summed E-state index contributed by atoms with van der Waals surface area (Å²) in [4.78, 5) is 0. The maximum absolute atomic E-state index is 6.54. The molecule has 0 saturated heterocycles. The average Bonchev–Trinajstić information content (AvgIpc) is 1.26. The molecule has 0 N–H and O–H groups in total. The Hall–Kier alpha value is -13.5. The van der Waals surface area contributed by atoms with Crippen molar-refractivity contribution in [1.29, 1.82) is 0 Å². The number of benzene rings is 20. The van der Waals surface area contributed by atoms with Crippen LogP contribution in [0.15, 0.2) is 393 Å². The highest BCUT2D eigenvalue weighted by molar-refractivity contribution is 7.26. The van der Waals surface area contributed by atoms with Crippen LogP contribution >= 0.6 is 11.3 Å². The van der Waals surface area contributed by atoms with Crippen LogP contribution in [0.5, 0.6) is 0 Å². The summed E-state index contributed by atoms with van der Waals surface area (Å²) in [5, 5.41) is 25.1. The molecule has 492 valence electrons. The van der Waals surface area contributed by atoms with Gasteiger partial charge in [-0.1, -0.05) is 352 Å². The molecule has 106 heavy (non-hydrogen) atoms.